The molecule has 2 heterocycles. The minimum absolute atomic E-state index is 0. The van der Waals surface area contributed by atoms with Crippen LogP contribution in [0.15, 0.2) is 59.2 Å². The molecule has 0 fully saturated rings. The SMILES string of the molecule is CCCN1C=C2CC(OC)=C(OC)C=C2C2(Cc3ccccc3O2)C1.Cl. The van der Waals surface area contributed by atoms with Crippen LogP contribution in [-0.2, 0) is 15.9 Å². The maximum atomic E-state index is 6.57. The van der Waals surface area contributed by atoms with Gasteiger partial charge in [0.15, 0.2) is 11.4 Å². The van der Waals surface area contributed by atoms with Crippen molar-refractivity contribution < 1.29 is 14.2 Å². The second-order valence-electron chi connectivity index (χ2n) is 6.94. The molecule has 1 aliphatic carbocycles. The molecule has 0 amide bonds. The van der Waals surface area contributed by atoms with Crippen LogP contribution in [-0.4, -0.2) is 37.8 Å². The molecule has 4 nitrogen and oxygen atoms in total. The second-order valence-corrected chi connectivity index (χ2v) is 6.94. The van der Waals surface area contributed by atoms with Gasteiger partial charge in [-0.05, 0) is 29.7 Å². The van der Waals surface area contributed by atoms with Crippen LogP contribution in [0, 0.1) is 0 Å². The Morgan fingerprint density at radius 1 is 1.19 bits per heavy atom. The van der Waals surface area contributed by atoms with Crippen molar-refractivity contribution in [2.24, 2.45) is 0 Å². The van der Waals surface area contributed by atoms with Gasteiger partial charge in [0, 0.05) is 31.2 Å². The van der Waals surface area contributed by atoms with Crippen molar-refractivity contribution in [3.8, 4) is 5.75 Å². The molecule has 26 heavy (non-hydrogen) atoms. The maximum absolute atomic E-state index is 6.57. The second kappa shape index (κ2) is 7.28. The maximum Gasteiger partial charge on any atom is 0.157 e. The van der Waals surface area contributed by atoms with Crippen LogP contribution < -0.4 is 4.74 Å². The highest BCUT2D eigenvalue weighted by Gasteiger charge is 2.48. The monoisotopic (exact) mass is 375 g/mol. The number of rotatable bonds is 4. The van der Waals surface area contributed by atoms with Gasteiger partial charge in [-0.1, -0.05) is 25.1 Å². The summed E-state index contributed by atoms with van der Waals surface area (Å²) in [6.45, 7) is 4.11. The van der Waals surface area contributed by atoms with E-state index < -0.39 is 0 Å². The molecule has 0 aromatic heterocycles. The molecule has 1 aromatic rings. The Balaban J connectivity index is 0.00000196. The molecule has 0 saturated heterocycles. The van der Waals surface area contributed by atoms with Gasteiger partial charge in [0.25, 0.3) is 0 Å². The number of hydrogen-bond acceptors (Lipinski definition) is 4. The molecule has 1 aromatic carbocycles. The van der Waals surface area contributed by atoms with Gasteiger partial charge in [-0.15, -0.1) is 12.4 Å². The van der Waals surface area contributed by atoms with E-state index in [4.69, 9.17) is 14.2 Å². The zero-order valence-electron chi connectivity index (χ0n) is 15.6. The van der Waals surface area contributed by atoms with Gasteiger partial charge in [0.05, 0.1) is 20.8 Å². The van der Waals surface area contributed by atoms with Gasteiger partial charge in [-0.3, -0.25) is 0 Å². The van der Waals surface area contributed by atoms with Crippen molar-refractivity contribution in [1.82, 2.24) is 4.90 Å². The first kappa shape index (κ1) is 18.7. The molecule has 5 heteroatoms. The van der Waals surface area contributed by atoms with Gasteiger partial charge < -0.3 is 19.1 Å². The number of nitrogens with zero attached hydrogens (tertiary/aromatic N) is 1. The fourth-order valence-electron chi connectivity index (χ4n) is 4.20. The lowest BCUT2D eigenvalue weighted by Gasteiger charge is -2.43. The van der Waals surface area contributed by atoms with Gasteiger partial charge in [-0.25, -0.2) is 0 Å². The molecule has 0 N–H and O–H groups in total. The number of allylic oxidation sites excluding steroid dienone is 2. The first-order valence-corrected chi connectivity index (χ1v) is 8.94. The van der Waals surface area contributed by atoms with Crippen molar-refractivity contribution in [3.63, 3.8) is 0 Å². The molecule has 0 saturated carbocycles. The Labute approximate surface area is 161 Å². The molecular weight excluding hydrogens is 350 g/mol. The number of hydrogen-bond donors (Lipinski definition) is 0. The highest BCUT2D eigenvalue weighted by molar-refractivity contribution is 5.85. The average molecular weight is 376 g/mol. The zero-order valence-corrected chi connectivity index (χ0v) is 16.4. The van der Waals surface area contributed by atoms with E-state index in [-0.39, 0.29) is 18.0 Å². The third-order valence-electron chi connectivity index (χ3n) is 5.27. The lowest BCUT2D eigenvalue weighted by atomic mass is 9.78. The Morgan fingerprint density at radius 3 is 2.69 bits per heavy atom. The standard InChI is InChI=1S/C21H25NO3.ClH/c1-4-9-22-13-16-10-19(23-2)20(24-3)11-17(16)21(14-22)12-15-7-5-6-8-18(15)25-21;/h5-8,11,13H,4,9-10,12,14H2,1-3H3;1H. The van der Waals surface area contributed by atoms with E-state index in [9.17, 15) is 0 Å². The van der Waals surface area contributed by atoms with Crippen LogP contribution in [0.5, 0.6) is 5.75 Å². The van der Waals surface area contributed by atoms with E-state index in [1.54, 1.807) is 14.2 Å². The molecule has 0 bridgehead atoms. The average Bonchev–Trinajstić information content (AvgIpc) is 2.99. The van der Waals surface area contributed by atoms with Gasteiger partial charge in [0.2, 0.25) is 0 Å². The van der Waals surface area contributed by atoms with Crippen molar-refractivity contribution in [1.29, 1.82) is 0 Å². The van der Waals surface area contributed by atoms with Gasteiger partial charge in [-0.2, -0.15) is 0 Å². The lowest BCUT2D eigenvalue weighted by Crippen LogP contribution is -2.51. The number of ether oxygens (including phenoxy) is 3. The van der Waals surface area contributed by atoms with E-state index in [1.807, 2.05) is 6.07 Å². The Bertz CT molecular complexity index is 756. The third kappa shape index (κ3) is 2.96. The highest BCUT2D eigenvalue weighted by atomic mass is 35.5. The van der Waals surface area contributed by atoms with Crippen LogP contribution in [0.3, 0.4) is 0 Å². The Kier molecular flexibility index (Phi) is 5.24. The first-order valence-electron chi connectivity index (χ1n) is 8.94. The smallest absolute Gasteiger partial charge is 0.157 e. The number of methoxy groups -OCH3 is 2. The topological polar surface area (TPSA) is 30.9 Å². The molecule has 0 radical (unpaired) electrons. The first-order chi connectivity index (χ1) is 12.2. The minimum atomic E-state index is -0.341. The number of fused-ring (bicyclic) bond motifs is 3. The van der Waals surface area contributed by atoms with E-state index in [2.05, 4.69) is 42.3 Å². The fourth-order valence-corrected chi connectivity index (χ4v) is 4.20. The largest absolute Gasteiger partial charge is 0.497 e. The van der Waals surface area contributed by atoms with Crippen LogP contribution in [0.2, 0.25) is 0 Å². The minimum Gasteiger partial charge on any atom is -0.497 e. The van der Waals surface area contributed by atoms with E-state index >= 15 is 0 Å². The predicted octanol–water partition coefficient (Wildman–Crippen LogP) is 4.23. The van der Waals surface area contributed by atoms with Crippen LogP contribution >= 0.6 is 12.4 Å². The van der Waals surface area contributed by atoms with Gasteiger partial charge >= 0.3 is 0 Å². The molecule has 3 aliphatic rings. The van der Waals surface area contributed by atoms with Crippen molar-refractivity contribution in [3.05, 3.63) is 64.8 Å². The van der Waals surface area contributed by atoms with Crippen LogP contribution in [0.1, 0.15) is 25.3 Å². The summed E-state index contributed by atoms with van der Waals surface area (Å²) in [7, 11) is 3.40. The molecular formula is C21H26ClNO3. The number of halogens is 1. The highest BCUT2D eigenvalue weighted by Crippen LogP contribution is 2.47. The summed E-state index contributed by atoms with van der Waals surface area (Å²) in [4.78, 5) is 2.39. The Hall–Kier alpha value is -2.07. The molecule has 2 aliphatic heterocycles. The van der Waals surface area contributed by atoms with E-state index in [0.717, 1.165) is 49.6 Å². The summed E-state index contributed by atoms with van der Waals surface area (Å²) in [6.07, 6.45) is 7.14. The Morgan fingerprint density at radius 2 is 2.00 bits per heavy atom. The summed E-state index contributed by atoms with van der Waals surface area (Å²) in [5.74, 6) is 2.68. The molecule has 140 valence electrons. The predicted molar refractivity (Wildman–Crippen MR) is 104 cm³/mol. The van der Waals surface area contributed by atoms with E-state index in [0.29, 0.717) is 0 Å². The normalized spacial score (nSPS) is 23.4. The molecule has 1 spiro atoms. The molecule has 4 rings (SSSR count). The summed E-state index contributed by atoms with van der Waals surface area (Å²) < 4.78 is 17.7. The lowest BCUT2D eigenvalue weighted by molar-refractivity contribution is 0.0874. The van der Waals surface area contributed by atoms with Crippen molar-refractivity contribution in [2.45, 2.75) is 31.8 Å². The molecule has 1 atom stereocenters. The summed E-state index contributed by atoms with van der Waals surface area (Å²) in [6, 6.07) is 8.37. The molecule has 1 unspecified atom stereocenters. The third-order valence-corrected chi connectivity index (χ3v) is 5.27. The van der Waals surface area contributed by atoms with Crippen LogP contribution in [0.25, 0.3) is 0 Å². The zero-order chi connectivity index (χ0) is 17.4. The summed E-state index contributed by atoms with van der Waals surface area (Å²) >= 11 is 0. The van der Waals surface area contributed by atoms with Gasteiger partial charge in [0.1, 0.15) is 11.5 Å². The quantitative estimate of drug-likeness (QED) is 0.788. The summed E-state index contributed by atoms with van der Waals surface area (Å²) in [5, 5.41) is 0. The van der Waals surface area contributed by atoms with Crippen molar-refractivity contribution >= 4 is 12.4 Å². The van der Waals surface area contributed by atoms with Crippen molar-refractivity contribution in [2.75, 3.05) is 27.3 Å². The summed E-state index contributed by atoms with van der Waals surface area (Å²) in [5.41, 5.74) is 3.44. The fraction of sp³-hybridized carbons (Fsp3) is 0.429. The van der Waals surface area contributed by atoms with Crippen LogP contribution in [0.4, 0.5) is 0 Å². The van der Waals surface area contributed by atoms with E-state index in [1.165, 1.54) is 16.7 Å². The number of para-hydroxylation sites is 1. The number of benzene rings is 1.